The molecule has 1 rings (SSSR count). The molecule has 0 heterocycles. The number of rotatable bonds is 5. The van der Waals surface area contributed by atoms with E-state index in [0.29, 0.717) is 0 Å². The van der Waals surface area contributed by atoms with Crippen molar-refractivity contribution in [3.63, 3.8) is 0 Å². The highest BCUT2D eigenvalue weighted by atomic mass is 16.5. The summed E-state index contributed by atoms with van der Waals surface area (Å²) in [5.74, 6) is 1.64. The molecular weight excluding hydrogens is 190 g/mol. The van der Waals surface area contributed by atoms with E-state index in [2.05, 4.69) is 5.32 Å². The number of hydrogen-bond donors (Lipinski definition) is 1. The minimum absolute atomic E-state index is 0.821. The molecule has 0 aliphatic rings. The van der Waals surface area contributed by atoms with Crippen molar-refractivity contribution in [2.45, 2.75) is 0 Å². The molecule has 0 amide bonds. The molecule has 0 radical (unpaired) electrons. The van der Waals surface area contributed by atoms with E-state index in [1.54, 1.807) is 14.2 Å². The van der Waals surface area contributed by atoms with Gasteiger partial charge in [-0.2, -0.15) is 0 Å². The van der Waals surface area contributed by atoms with Crippen molar-refractivity contribution in [2.75, 3.05) is 27.8 Å². The van der Waals surface area contributed by atoms with Crippen molar-refractivity contribution in [3.05, 3.63) is 29.8 Å². The normalized spacial score (nSPS) is 10.6. The highest BCUT2D eigenvalue weighted by Gasteiger charge is 2.05. The third-order valence-corrected chi connectivity index (χ3v) is 2.07. The Bertz CT molecular complexity index is 312. The smallest absolute Gasteiger partial charge is 0.129 e. The van der Waals surface area contributed by atoms with Gasteiger partial charge in [0.25, 0.3) is 0 Å². The van der Waals surface area contributed by atoms with Gasteiger partial charge in [0.1, 0.15) is 11.5 Å². The minimum atomic E-state index is 0.821. The van der Waals surface area contributed by atoms with E-state index in [1.807, 2.05) is 37.4 Å². The van der Waals surface area contributed by atoms with Crippen LogP contribution in [0.15, 0.2) is 24.3 Å². The molecule has 0 saturated carbocycles. The Morgan fingerprint density at radius 3 is 2.27 bits per heavy atom. The van der Waals surface area contributed by atoms with E-state index >= 15 is 0 Å². The van der Waals surface area contributed by atoms with E-state index < -0.39 is 0 Å². The SMILES string of the molecule is CNCC=Cc1c(OC)cccc1OC. The maximum absolute atomic E-state index is 5.27. The molecule has 0 aliphatic carbocycles. The van der Waals surface area contributed by atoms with Gasteiger partial charge in [-0.05, 0) is 19.2 Å². The molecule has 1 aromatic carbocycles. The Morgan fingerprint density at radius 1 is 1.20 bits per heavy atom. The largest absolute Gasteiger partial charge is 0.496 e. The average molecular weight is 207 g/mol. The van der Waals surface area contributed by atoms with Crippen LogP contribution < -0.4 is 14.8 Å². The molecule has 0 atom stereocenters. The quantitative estimate of drug-likeness (QED) is 0.800. The fourth-order valence-corrected chi connectivity index (χ4v) is 1.34. The lowest BCUT2D eigenvalue weighted by Gasteiger charge is -2.09. The number of methoxy groups -OCH3 is 2. The third-order valence-electron chi connectivity index (χ3n) is 2.07. The fraction of sp³-hybridized carbons (Fsp3) is 0.333. The first-order chi connectivity index (χ1) is 7.33. The van der Waals surface area contributed by atoms with Crippen molar-refractivity contribution < 1.29 is 9.47 Å². The van der Waals surface area contributed by atoms with Gasteiger partial charge < -0.3 is 14.8 Å². The predicted molar refractivity (Wildman–Crippen MR) is 62.5 cm³/mol. The topological polar surface area (TPSA) is 30.5 Å². The summed E-state index contributed by atoms with van der Waals surface area (Å²) < 4.78 is 10.5. The van der Waals surface area contributed by atoms with Gasteiger partial charge in [-0.25, -0.2) is 0 Å². The van der Waals surface area contributed by atoms with Crippen molar-refractivity contribution in [2.24, 2.45) is 0 Å². The Hall–Kier alpha value is -1.48. The van der Waals surface area contributed by atoms with Crippen LogP contribution in [0.1, 0.15) is 5.56 Å². The Morgan fingerprint density at radius 2 is 1.80 bits per heavy atom. The van der Waals surface area contributed by atoms with Crippen LogP contribution in [0.5, 0.6) is 11.5 Å². The van der Waals surface area contributed by atoms with Gasteiger partial charge in [-0.15, -0.1) is 0 Å². The molecule has 15 heavy (non-hydrogen) atoms. The molecule has 3 nitrogen and oxygen atoms in total. The van der Waals surface area contributed by atoms with Gasteiger partial charge in [0, 0.05) is 6.54 Å². The van der Waals surface area contributed by atoms with Crippen LogP contribution in [0.3, 0.4) is 0 Å². The Labute approximate surface area is 90.7 Å². The zero-order chi connectivity index (χ0) is 11.1. The van der Waals surface area contributed by atoms with Gasteiger partial charge in [0.15, 0.2) is 0 Å². The highest BCUT2D eigenvalue weighted by Crippen LogP contribution is 2.29. The van der Waals surface area contributed by atoms with Crippen LogP contribution in [-0.2, 0) is 0 Å². The summed E-state index contributed by atoms with van der Waals surface area (Å²) in [5, 5.41) is 3.04. The van der Waals surface area contributed by atoms with E-state index in [0.717, 1.165) is 23.6 Å². The van der Waals surface area contributed by atoms with Crippen LogP contribution in [0, 0.1) is 0 Å². The molecule has 0 spiro atoms. The average Bonchev–Trinajstić information content (AvgIpc) is 2.29. The molecule has 0 saturated heterocycles. The molecule has 0 unspecified atom stereocenters. The molecule has 0 fully saturated rings. The number of likely N-dealkylation sites (N-methyl/N-ethyl adjacent to an activating group) is 1. The van der Waals surface area contributed by atoms with Gasteiger partial charge >= 0.3 is 0 Å². The van der Waals surface area contributed by atoms with Crippen molar-refractivity contribution in [1.82, 2.24) is 5.32 Å². The lowest BCUT2D eigenvalue weighted by molar-refractivity contribution is 0.392. The van der Waals surface area contributed by atoms with E-state index in [-0.39, 0.29) is 0 Å². The Kier molecular flexibility index (Phi) is 4.71. The monoisotopic (exact) mass is 207 g/mol. The first kappa shape index (κ1) is 11.6. The van der Waals surface area contributed by atoms with Crippen molar-refractivity contribution in [1.29, 1.82) is 0 Å². The zero-order valence-corrected chi connectivity index (χ0v) is 9.41. The molecule has 0 aromatic heterocycles. The highest BCUT2D eigenvalue weighted by molar-refractivity contribution is 5.64. The number of nitrogens with one attached hydrogen (secondary N) is 1. The van der Waals surface area contributed by atoms with E-state index in [4.69, 9.17) is 9.47 Å². The van der Waals surface area contributed by atoms with Gasteiger partial charge in [0.2, 0.25) is 0 Å². The van der Waals surface area contributed by atoms with Crippen LogP contribution in [0.2, 0.25) is 0 Å². The number of ether oxygens (including phenoxy) is 2. The number of hydrogen-bond acceptors (Lipinski definition) is 3. The maximum atomic E-state index is 5.27. The molecule has 3 heteroatoms. The predicted octanol–water partition coefficient (Wildman–Crippen LogP) is 1.94. The fourth-order valence-electron chi connectivity index (χ4n) is 1.34. The van der Waals surface area contributed by atoms with Crippen LogP contribution in [0.4, 0.5) is 0 Å². The molecule has 82 valence electrons. The first-order valence-corrected chi connectivity index (χ1v) is 4.85. The number of benzene rings is 1. The molecule has 1 aromatic rings. The van der Waals surface area contributed by atoms with Crippen LogP contribution >= 0.6 is 0 Å². The van der Waals surface area contributed by atoms with Crippen molar-refractivity contribution in [3.8, 4) is 11.5 Å². The van der Waals surface area contributed by atoms with Gasteiger partial charge in [0.05, 0.1) is 19.8 Å². The zero-order valence-electron chi connectivity index (χ0n) is 9.41. The van der Waals surface area contributed by atoms with E-state index in [1.165, 1.54) is 0 Å². The van der Waals surface area contributed by atoms with Gasteiger partial charge in [-0.3, -0.25) is 0 Å². The Balaban J connectivity index is 2.99. The molecule has 1 N–H and O–H groups in total. The lowest BCUT2D eigenvalue weighted by Crippen LogP contribution is -2.03. The second-order valence-electron chi connectivity index (χ2n) is 3.04. The van der Waals surface area contributed by atoms with Crippen LogP contribution in [0.25, 0.3) is 6.08 Å². The molecule has 0 aliphatic heterocycles. The van der Waals surface area contributed by atoms with Gasteiger partial charge in [-0.1, -0.05) is 18.2 Å². The minimum Gasteiger partial charge on any atom is -0.496 e. The molecular formula is C12H17NO2. The third kappa shape index (κ3) is 2.99. The summed E-state index contributed by atoms with van der Waals surface area (Å²) in [7, 11) is 5.22. The summed E-state index contributed by atoms with van der Waals surface area (Å²) >= 11 is 0. The van der Waals surface area contributed by atoms with E-state index in [9.17, 15) is 0 Å². The summed E-state index contributed by atoms with van der Waals surface area (Å²) in [4.78, 5) is 0. The summed E-state index contributed by atoms with van der Waals surface area (Å²) in [5.41, 5.74) is 0.970. The molecule has 0 bridgehead atoms. The first-order valence-electron chi connectivity index (χ1n) is 4.85. The van der Waals surface area contributed by atoms with Crippen LogP contribution in [-0.4, -0.2) is 27.8 Å². The second-order valence-corrected chi connectivity index (χ2v) is 3.04. The van der Waals surface area contributed by atoms with Crippen molar-refractivity contribution >= 4 is 6.08 Å². The summed E-state index contributed by atoms with van der Waals surface area (Å²) in [6, 6.07) is 5.75. The standard InChI is InChI=1S/C12H17NO2/c1-13-9-5-6-10-11(14-2)7-4-8-12(10)15-3/h4-8,13H,9H2,1-3H3. The lowest BCUT2D eigenvalue weighted by atomic mass is 10.1. The second kappa shape index (κ2) is 6.09. The summed E-state index contributed by atoms with van der Waals surface area (Å²) in [6.07, 6.45) is 4.02. The maximum Gasteiger partial charge on any atom is 0.129 e. The summed E-state index contributed by atoms with van der Waals surface area (Å²) in [6.45, 7) is 0.821.